The normalized spacial score (nSPS) is 30.7. The molecular formula is C11H17NO2. The summed E-state index contributed by atoms with van der Waals surface area (Å²) in [5.74, 6) is 0.0175. The Kier molecular flexibility index (Phi) is 3.28. The monoisotopic (exact) mass is 195 g/mol. The number of rotatable bonds is 3. The fraction of sp³-hybridized carbons (Fsp3) is 0.818. The average molecular weight is 195 g/mol. The molecule has 0 radical (unpaired) electrons. The molecule has 1 fully saturated rings. The molecule has 0 aromatic heterocycles. The van der Waals surface area contributed by atoms with Gasteiger partial charge in [-0.05, 0) is 26.7 Å². The highest BCUT2D eigenvalue weighted by Crippen LogP contribution is 2.41. The number of nitriles is 1. The first-order valence-corrected chi connectivity index (χ1v) is 5.01. The first-order chi connectivity index (χ1) is 6.56. The minimum atomic E-state index is -0.864. The second-order valence-corrected chi connectivity index (χ2v) is 4.18. The van der Waals surface area contributed by atoms with E-state index in [1.165, 1.54) is 6.92 Å². The molecule has 0 N–H and O–H groups in total. The van der Waals surface area contributed by atoms with Crippen molar-refractivity contribution in [1.82, 2.24) is 0 Å². The van der Waals surface area contributed by atoms with Crippen molar-refractivity contribution < 1.29 is 9.53 Å². The second-order valence-electron chi connectivity index (χ2n) is 4.18. The molecule has 1 aliphatic carbocycles. The highest BCUT2D eigenvalue weighted by Gasteiger charge is 2.45. The van der Waals surface area contributed by atoms with Gasteiger partial charge in [-0.15, -0.1) is 0 Å². The third-order valence-electron chi connectivity index (χ3n) is 3.46. The molecule has 78 valence electrons. The van der Waals surface area contributed by atoms with Crippen molar-refractivity contribution in [1.29, 1.82) is 5.26 Å². The van der Waals surface area contributed by atoms with E-state index >= 15 is 0 Å². The van der Waals surface area contributed by atoms with E-state index in [2.05, 4.69) is 6.07 Å². The zero-order valence-corrected chi connectivity index (χ0v) is 9.04. The van der Waals surface area contributed by atoms with Gasteiger partial charge in [0.05, 0.1) is 12.2 Å². The van der Waals surface area contributed by atoms with Crippen molar-refractivity contribution in [3.05, 3.63) is 0 Å². The third kappa shape index (κ3) is 1.67. The van der Waals surface area contributed by atoms with Gasteiger partial charge in [-0.3, -0.25) is 4.79 Å². The van der Waals surface area contributed by atoms with Crippen LogP contribution in [0.4, 0.5) is 0 Å². The van der Waals surface area contributed by atoms with Crippen LogP contribution in [-0.2, 0) is 9.53 Å². The zero-order valence-electron chi connectivity index (χ0n) is 9.04. The second kappa shape index (κ2) is 4.10. The fourth-order valence-electron chi connectivity index (χ4n) is 2.29. The lowest BCUT2D eigenvalue weighted by molar-refractivity contribution is -0.127. The van der Waals surface area contributed by atoms with Gasteiger partial charge in [0.2, 0.25) is 0 Å². The van der Waals surface area contributed by atoms with Crippen molar-refractivity contribution >= 4 is 5.78 Å². The van der Waals surface area contributed by atoms with E-state index < -0.39 is 5.41 Å². The number of carbonyl (C=O) groups excluding carboxylic acids is 1. The van der Waals surface area contributed by atoms with E-state index in [-0.39, 0.29) is 17.8 Å². The molecule has 0 aliphatic heterocycles. The first kappa shape index (κ1) is 11.2. The Morgan fingerprint density at radius 3 is 2.64 bits per heavy atom. The molecular weight excluding hydrogens is 178 g/mol. The predicted molar refractivity (Wildman–Crippen MR) is 52.5 cm³/mol. The lowest BCUT2D eigenvalue weighted by Crippen LogP contribution is -2.38. The van der Waals surface area contributed by atoms with E-state index in [0.717, 1.165) is 19.3 Å². The molecule has 3 nitrogen and oxygen atoms in total. The third-order valence-corrected chi connectivity index (χ3v) is 3.46. The summed E-state index contributed by atoms with van der Waals surface area (Å²) in [6, 6.07) is 2.15. The summed E-state index contributed by atoms with van der Waals surface area (Å²) in [6.45, 7) is 3.23. The maximum atomic E-state index is 11.5. The highest BCUT2D eigenvalue weighted by atomic mass is 16.5. The summed E-state index contributed by atoms with van der Waals surface area (Å²) < 4.78 is 5.32. The molecule has 1 rings (SSSR count). The molecule has 0 amide bonds. The number of carbonyl (C=O) groups is 1. The molecule has 0 aromatic rings. The SMILES string of the molecule is COC1CCCC1C(C)(C#N)C(C)=O. The summed E-state index contributed by atoms with van der Waals surface area (Å²) in [5.41, 5.74) is -0.864. The van der Waals surface area contributed by atoms with Crippen LogP contribution in [0.3, 0.4) is 0 Å². The van der Waals surface area contributed by atoms with E-state index in [9.17, 15) is 4.79 Å². The molecule has 3 atom stereocenters. The summed E-state index contributed by atoms with van der Waals surface area (Å²) in [5, 5.41) is 9.10. The zero-order chi connectivity index (χ0) is 10.8. The molecule has 0 bridgehead atoms. The summed E-state index contributed by atoms with van der Waals surface area (Å²) in [7, 11) is 1.65. The van der Waals surface area contributed by atoms with Gasteiger partial charge in [-0.2, -0.15) is 5.26 Å². The molecule has 3 heteroatoms. The lowest BCUT2D eigenvalue weighted by Gasteiger charge is -2.29. The Balaban J connectivity index is 2.90. The molecule has 14 heavy (non-hydrogen) atoms. The standard InChI is InChI=1S/C11H17NO2/c1-8(13)11(2,7-12)9-5-4-6-10(9)14-3/h9-10H,4-6H2,1-3H3. The van der Waals surface area contributed by atoms with Crippen LogP contribution >= 0.6 is 0 Å². The number of Topliss-reactive ketones (excluding diaryl/α,β-unsaturated/α-hetero) is 1. The fourth-order valence-corrected chi connectivity index (χ4v) is 2.29. The largest absolute Gasteiger partial charge is 0.381 e. The van der Waals surface area contributed by atoms with Crippen molar-refractivity contribution in [3.63, 3.8) is 0 Å². The van der Waals surface area contributed by atoms with Crippen LogP contribution < -0.4 is 0 Å². The molecule has 0 saturated heterocycles. The van der Waals surface area contributed by atoms with Crippen LogP contribution in [0.25, 0.3) is 0 Å². The van der Waals surface area contributed by atoms with Crippen LogP contribution in [-0.4, -0.2) is 19.0 Å². The van der Waals surface area contributed by atoms with Crippen molar-refractivity contribution in [3.8, 4) is 6.07 Å². The van der Waals surface area contributed by atoms with Crippen LogP contribution in [0.15, 0.2) is 0 Å². The summed E-state index contributed by atoms with van der Waals surface area (Å²) in [6.07, 6.45) is 3.00. The molecule has 1 saturated carbocycles. The minimum absolute atomic E-state index is 0.0473. The Morgan fingerprint density at radius 2 is 2.21 bits per heavy atom. The van der Waals surface area contributed by atoms with Gasteiger partial charge < -0.3 is 4.74 Å². The number of hydrogen-bond donors (Lipinski definition) is 0. The van der Waals surface area contributed by atoms with Crippen LogP contribution in [0.5, 0.6) is 0 Å². The highest BCUT2D eigenvalue weighted by molar-refractivity contribution is 5.85. The van der Waals surface area contributed by atoms with Gasteiger partial charge in [-0.25, -0.2) is 0 Å². The topological polar surface area (TPSA) is 50.1 Å². The van der Waals surface area contributed by atoms with Crippen molar-refractivity contribution in [2.75, 3.05) is 7.11 Å². The predicted octanol–water partition coefficient (Wildman–Crippen LogP) is 1.92. The summed E-state index contributed by atoms with van der Waals surface area (Å²) >= 11 is 0. The van der Waals surface area contributed by atoms with Gasteiger partial charge >= 0.3 is 0 Å². The van der Waals surface area contributed by atoms with E-state index in [1.807, 2.05) is 0 Å². The molecule has 0 aromatic carbocycles. The molecule has 1 aliphatic rings. The van der Waals surface area contributed by atoms with Gasteiger partial charge in [0.15, 0.2) is 0 Å². The quantitative estimate of drug-likeness (QED) is 0.691. The van der Waals surface area contributed by atoms with Gasteiger partial charge in [0.1, 0.15) is 11.2 Å². The molecule has 0 heterocycles. The summed E-state index contributed by atoms with van der Waals surface area (Å²) in [4.78, 5) is 11.5. The number of nitrogens with zero attached hydrogens (tertiary/aromatic N) is 1. The maximum Gasteiger partial charge on any atom is 0.150 e. The number of ketones is 1. The van der Waals surface area contributed by atoms with E-state index in [4.69, 9.17) is 10.00 Å². The maximum absolute atomic E-state index is 11.5. The average Bonchev–Trinajstić information content (AvgIpc) is 2.64. The minimum Gasteiger partial charge on any atom is -0.381 e. The Bertz CT molecular complexity index is 269. The van der Waals surface area contributed by atoms with E-state index in [0.29, 0.717) is 0 Å². The van der Waals surface area contributed by atoms with Crippen molar-refractivity contribution in [2.24, 2.45) is 11.3 Å². The molecule has 3 unspecified atom stereocenters. The number of methoxy groups -OCH3 is 1. The van der Waals surface area contributed by atoms with E-state index in [1.54, 1.807) is 14.0 Å². The number of ether oxygens (including phenoxy) is 1. The molecule has 0 spiro atoms. The Hall–Kier alpha value is -0.880. The lowest BCUT2D eigenvalue weighted by atomic mass is 9.73. The Labute approximate surface area is 85.1 Å². The smallest absolute Gasteiger partial charge is 0.150 e. The van der Waals surface area contributed by atoms with Crippen LogP contribution in [0.1, 0.15) is 33.1 Å². The van der Waals surface area contributed by atoms with Crippen LogP contribution in [0.2, 0.25) is 0 Å². The van der Waals surface area contributed by atoms with Crippen molar-refractivity contribution in [2.45, 2.75) is 39.2 Å². The van der Waals surface area contributed by atoms with Gasteiger partial charge in [0, 0.05) is 13.0 Å². The van der Waals surface area contributed by atoms with Gasteiger partial charge in [0.25, 0.3) is 0 Å². The van der Waals surface area contributed by atoms with Gasteiger partial charge in [-0.1, -0.05) is 6.42 Å². The Morgan fingerprint density at radius 1 is 1.57 bits per heavy atom. The number of hydrogen-bond acceptors (Lipinski definition) is 3. The first-order valence-electron chi connectivity index (χ1n) is 5.01. The van der Waals surface area contributed by atoms with Crippen LogP contribution in [0, 0.1) is 22.7 Å².